The average molecular weight is 328 g/mol. The minimum Gasteiger partial charge on any atom is -0.291 e. The highest BCUT2D eigenvalue weighted by Crippen LogP contribution is 2.21. The Balaban J connectivity index is 2.76. The van der Waals surface area contributed by atoms with Crippen molar-refractivity contribution in [2.45, 2.75) is 26.1 Å². The summed E-state index contributed by atoms with van der Waals surface area (Å²) >= 11 is 3.11. The molecule has 0 aliphatic rings. The van der Waals surface area contributed by atoms with Crippen molar-refractivity contribution in [3.63, 3.8) is 0 Å². The van der Waals surface area contributed by atoms with Crippen molar-refractivity contribution in [2.75, 3.05) is 13.1 Å². The number of hydrogen-bond donors (Lipinski definition) is 0. The van der Waals surface area contributed by atoms with E-state index in [2.05, 4.69) is 15.9 Å². The monoisotopic (exact) mass is 327 g/mol. The van der Waals surface area contributed by atoms with Crippen LogP contribution in [0.15, 0.2) is 22.7 Å². The van der Waals surface area contributed by atoms with Gasteiger partial charge in [0.2, 0.25) is 0 Å². The smallest absolute Gasteiger partial charge is 0.291 e. The summed E-state index contributed by atoms with van der Waals surface area (Å²) in [5.74, 6) is -0.493. The fraction of sp³-hybridized carbons (Fsp3) is 0.500. The van der Waals surface area contributed by atoms with Crippen molar-refractivity contribution in [3.8, 4) is 0 Å². The second kappa shape index (κ2) is 6.52. The largest absolute Gasteiger partial charge is 0.401 e. The number of nitrogens with zero attached hydrogens (tertiary/aromatic N) is 1. The molecule has 0 heterocycles. The summed E-state index contributed by atoms with van der Waals surface area (Å²) in [5, 5.41) is 0. The summed E-state index contributed by atoms with van der Waals surface area (Å²) in [6.07, 6.45) is -3.67. The standard InChI is InChI=1S/C12H14BrF4N/c1-2-5-18(8-12(15,16)17)7-9-3-4-10(13)6-11(9)14/h3-4,6H,2,5,7-8H2,1H3. The van der Waals surface area contributed by atoms with Crippen LogP contribution < -0.4 is 0 Å². The first-order chi connectivity index (χ1) is 8.31. The normalized spacial score (nSPS) is 12.2. The van der Waals surface area contributed by atoms with Gasteiger partial charge in [0.05, 0.1) is 6.54 Å². The van der Waals surface area contributed by atoms with Gasteiger partial charge in [-0.2, -0.15) is 13.2 Å². The third-order valence-corrected chi connectivity index (χ3v) is 2.85. The lowest BCUT2D eigenvalue weighted by molar-refractivity contribution is -0.147. The van der Waals surface area contributed by atoms with Gasteiger partial charge in [-0.15, -0.1) is 0 Å². The molecule has 0 fully saturated rings. The van der Waals surface area contributed by atoms with Crippen LogP contribution >= 0.6 is 15.9 Å². The quantitative estimate of drug-likeness (QED) is 0.726. The van der Waals surface area contributed by atoms with E-state index in [9.17, 15) is 17.6 Å². The first kappa shape index (κ1) is 15.4. The third-order valence-electron chi connectivity index (χ3n) is 2.35. The Morgan fingerprint density at radius 2 is 1.94 bits per heavy atom. The Morgan fingerprint density at radius 1 is 1.28 bits per heavy atom. The molecule has 102 valence electrons. The van der Waals surface area contributed by atoms with Gasteiger partial charge in [0.1, 0.15) is 5.82 Å². The van der Waals surface area contributed by atoms with Crippen molar-refractivity contribution in [2.24, 2.45) is 0 Å². The maximum atomic E-state index is 13.5. The van der Waals surface area contributed by atoms with E-state index in [4.69, 9.17) is 0 Å². The van der Waals surface area contributed by atoms with Crippen LogP contribution in [-0.4, -0.2) is 24.2 Å². The van der Waals surface area contributed by atoms with Gasteiger partial charge in [-0.05, 0) is 25.1 Å². The summed E-state index contributed by atoms with van der Waals surface area (Å²) in [5.41, 5.74) is 0.274. The van der Waals surface area contributed by atoms with Crippen molar-refractivity contribution in [1.82, 2.24) is 4.90 Å². The Bertz CT molecular complexity index is 392. The predicted molar refractivity (Wildman–Crippen MR) is 65.7 cm³/mol. The average Bonchev–Trinajstić information content (AvgIpc) is 2.20. The van der Waals surface area contributed by atoms with E-state index in [-0.39, 0.29) is 18.7 Å². The van der Waals surface area contributed by atoms with Gasteiger partial charge in [-0.25, -0.2) is 4.39 Å². The first-order valence-corrected chi connectivity index (χ1v) is 6.34. The fourth-order valence-electron chi connectivity index (χ4n) is 1.67. The Morgan fingerprint density at radius 3 is 2.44 bits per heavy atom. The van der Waals surface area contributed by atoms with Crippen molar-refractivity contribution < 1.29 is 17.6 Å². The van der Waals surface area contributed by atoms with Crippen LogP contribution in [0.4, 0.5) is 17.6 Å². The number of rotatable bonds is 5. The highest BCUT2D eigenvalue weighted by molar-refractivity contribution is 9.10. The van der Waals surface area contributed by atoms with Crippen LogP contribution in [0.25, 0.3) is 0 Å². The van der Waals surface area contributed by atoms with Crippen LogP contribution in [0.1, 0.15) is 18.9 Å². The number of hydrogen-bond acceptors (Lipinski definition) is 1. The second-order valence-corrected chi connectivity index (χ2v) is 4.98. The number of benzene rings is 1. The van der Waals surface area contributed by atoms with Crippen LogP contribution in [0.3, 0.4) is 0 Å². The number of halogens is 5. The topological polar surface area (TPSA) is 3.24 Å². The van der Waals surface area contributed by atoms with Gasteiger partial charge in [0, 0.05) is 16.6 Å². The predicted octanol–water partition coefficient (Wildman–Crippen LogP) is 4.36. The molecule has 1 rings (SSSR count). The van der Waals surface area contributed by atoms with E-state index in [1.165, 1.54) is 17.0 Å². The molecule has 1 nitrogen and oxygen atoms in total. The summed E-state index contributed by atoms with van der Waals surface area (Å²) in [6.45, 7) is 1.03. The molecule has 0 unspecified atom stereocenters. The maximum absolute atomic E-state index is 13.5. The summed E-state index contributed by atoms with van der Waals surface area (Å²) < 4.78 is 51.2. The molecule has 18 heavy (non-hydrogen) atoms. The summed E-state index contributed by atoms with van der Waals surface area (Å²) in [7, 11) is 0. The highest BCUT2D eigenvalue weighted by atomic mass is 79.9. The summed E-state index contributed by atoms with van der Waals surface area (Å²) in [6, 6.07) is 4.38. The molecule has 0 aliphatic carbocycles. The molecule has 1 aromatic rings. The molecule has 1 aromatic carbocycles. The molecule has 0 amide bonds. The van der Waals surface area contributed by atoms with Crippen LogP contribution in [0.5, 0.6) is 0 Å². The van der Waals surface area contributed by atoms with E-state index >= 15 is 0 Å². The third kappa shape index (κ3) is 5.35. The first-order valence-electron chi connectivity index (χ1n) is 5.55. The second-order valence-electron chi connectivity index (χ2n) is 4.06. The van der Waals surface area contributed by atoms with Crippen LogP contribution in [0, 0.1) is 5.82 Å². The molecule has 0 saturated heterocycles. The molecule has 0 atom stereocenters. The van der Waals surface area contributed by atoms with E-state index in [0.717, 1.165) is 0 Å². The fourth-order valence-corrected chi connectivity index (χ4v) is 2.01. The zero-order valence-electron chi connectivity index (χ0n) is 9.90. The lowest BCUT2D eigenvalue weighted by Gasteiger charge is -2.23. The molecule has 0 aliphatic heterocycles. The summed E-state index contributed by atoms with van der Waals surface area (Å²) in [4.78, 5) is 1.20. The van der Waals surface area contributed by atoms with Crippen molar-refractivity contribution >= 4 is 15.9 Å². The minimum absolute atomic E-state index is 0.0353. The van der Waals surface area contributed by atoms with Gasteiger partial charge in [0.25, 0.3) is 0 Å². The van der Waals surface area contributed by atoms with Gasteiger partial charge >= 0.3 is 6.18 Å². The zero-order chi connectivity index (χ0) is 13.8. The van der Waals surface area contributed by atoms with E-state index in [1.807, 2.05) is 0 Å². The van der Waals surface area contributed by atoms with Crippen molar-refractivity contribution in [3.05, 3.63) is 34.1 Å². The van der Waals surface area contributed by atoms with Gasteiger partial charge in [0.15, 0.2) is 0 Å². The van der Waals surface area contributed by atoms with Gasteiger partial charge in [-0.1, -0.05) is 28.9 Å². The van der Waals surface area contributed by atoms with Gasteiger partial charge < -0.3 is 0 Å². The molecule has 0 saturated carbocycles. The van der Waals surface area contributed by atoms with E-state index in [0.29, 0.717) is 10.9 Å². The minimum atomic E-state index is -4.26. The molecule has 0 bridgehead atoms. The molecule has 0 spiro atoms. The molecule has 0 radical (unpaired) electrons. The lowest BCUT2D eigenvalue weighted by atomic mass is 10.2. The van der Waals surface area contributed by atoms with E-state index in [1.54, 1.807) is 13.0 Å². The highest BCUT2D eigenvalue weighted by Gasteiger charge is 2.30. The Kier molecular flexibility index (Phi) is 5.59. The van der Waals surface area contributed by atoms with Crippen molar-refractivity contribution in [1.29, 1.82) is 0 Å². The van der Waals surface area contributed by atoms with E-state index < -0.39 is 18.5 Å². The molecule has 6 heteroatoms. The number of alkyl halides is 3. The maximum Gasteiger partial charge on any atom is 0.401 e. The Hall–Kier alpha value is -0.620. The molecule has 0 N–H and O–H groups in total. The van der Waals surface area contributed by atoms with Crippen LogP contribution in [-0.2, 0) is 6.54 Å². The lowest BCUT2D eigenvalue weighted by Crippen LogP contribution is -2.34. The molecular formula is C12H14BrF4N. The zero-order valence-corrected chi connectivity index (χ0v) is 11.5. The molecule has 0 aromatic heterocycles. The SMILES string of the molecule is CCCN(Cc1ccc(Br)cc1F)CC(F)(F)F. The van der Waals surface area contributed by atoms with Gasteiger partial charge in [-0.3, -0.25) is 4.90 Å². The van der Waals surface area contributed by atoms with Crippen LogP contribution in [0.2, 0.25) is 0 Å². The Labute approximate surface area is 112 Å². The molecular weight excluding hydrogens is 314 g/mol.